The van der Waals surface area contributed by atoms with E-state index >= 15 is 0 Å². The van der Waals surface area contributed by atoms with Crippen LogP contribution in [0, 0.1) is 0 Å². The number of aromatic amines is 2. The van der Waals surface area contributed by atoms with Gasteiger partial charge >= 0.3 is 5.69 Å². The SMILES string of the molecule is O=c1[nH]nc(CCCNc2ccnc(Cc3ccccc3)n2)[nH]1. The predicted molar refractivity (Wildman–Crippen MR) is 87.3 cm³/mol. The summed E-state index contributed by atoms with van der Waals surface area (Å²) in [5.74, 6) is 2.27. The number of aryl methyl sites for hydroxylation is 1. The maximum Gasteiger partial charge on any atom is 0.340 e. The minimum Gasteiger partial charge on any atom is -0.370 e. The summed E-state index contributed by atoms with van der Waals surface area (Å²) in [4.78, 5) is 22.4. The number of anilines is 1. The quantitative estimate of drug-likeness (QED) is 0.575. The van der Waals surface area contributed by atoms with Crippen molar-refractivity contribution in [3.8, 4) is 0 Å². The first-order chi connectivity index (χ1) is 11.3. The fourth-order valence-corrected chi connectivity index (χ4v) is 2.26. The lowest BCUT2D eigenvalue weighted by molar-refractivity contribution is 0.801. The van der Waals surface area contributed by atoms with E-state index in [0.717, 1.165) is 24.6 Å². The third-order valence-electron chi connectivity index (χ3n) is 3.36. The van der Waals surface area contributed by atoms with Gasteiger partial charge in [0.2, 0.25) is 0 Å². The average Bonchev–Trinajstić information content (AvgIpc) is 2.98. The number of nitrogens with one attached hydrogen (secondary N) is 3. The van der Waals surface area contributed by atoms with Crippen molar-refractivity contribution in [1.29, 1.82) is 0 Å². The number of nitrogens with zero attached hydrogens (tertiary/aromatic N) is 3. The minimum absolute atomic E-state index is 0.269. The number of benzene rings is 1. The molecule has 7 nitrogen and oxygen atoms in total. The standard InChI is InChI=1S/C16H18N6O/c23-16-20-14(21-22-16)7-4-9-17-13-8-10-18-15(19-13)11-12-5-2-1-3-6-12/h1-3,5-6,8,10H,4,7,9,11H2,(H,17,18,19)(H2,20,21,22,23). The second-order valence-electron chi connectivity index (χ2n) is 5.18. The topological polar surface area (TPSA) is 99.3 Å². The molecule has 23 heavy (non-hydrogen) atoms. The summed E-state index contributed by atoms with van der Waals surface area (Å²) in [6.07, 6.45) is 4.02. The van der Waals surface area contributed by atoms with E-state index in [9.17, 15) is 4.79 Å². The van der Waals surface area contributed by atoms with Crippen LogP contribution in [0.2, 0.25) is 0 Å². The van der Waals surface area contributed by atoms with E-state index in [-0.39, 0.29) is 5.69 Å². The van der Waals surface area contributed by atoms with Crippen molar-refractivity contribution in [3.63, 3.8) is 0 Å². The van der Waals surface area contributed by atoms with E-state index in [1.807, 2.05) is 24.3 Å². The molecule has 118 valence electrons. The molecule has 0 radical (unpaired) electrons. The van der Waals surface area contributed by atoms with Gasteiger partial charge in [0.15, 0.2) is 0 Å². The first-order valence-electron chi connectivity index (χ1n) is 7.53. The van der Waals surface area contributed by atoms with E-state index < -0.39 is 0 Å². The number of hydrogen-bond acceptors (Lipinski definition) is 5. The molecule has 3 rings (SSSR count). The number of hydrogen-bond donors (Lipinski definition) is 3. The summed E-state index contributed by atoms with van der Waals surface area (Å²) in [5, 5.41) is 9.50. The van der Waals surface area contributed by atoms with Gasteiger partial charge in [0.05, 0.1) is 0 Å². The molecule has 7 heteroatoms. The summed E-state index contributed by atoms with van der Waals surface area (Å²) >= 11 is 0. The minimum atomic E-state index is -0.269. The van der Waals surface area contributed by atoms with Crippen molar-refractivity contribution in [2.75, 3.05) is 11.9 Å². The van der Waals surface area contributed by atoms with Crippen molar-refractivity contribution >= 4 is 5.82 Å². The molecule has 2 aromatic heterocycles. The number of H-pyrrole nitrogens is 2. The van der Waals surface area contributed by atoms with Crippen LogP contribution in [0.15, 0.2) is 47.4 Å². The van der Waals surface area contributed by atoms with Crippen LogP contribution in [0.25, 0.3) is 0 Å². The zero-order chi connectivity index (χ0) is 15.9. The second-order valence-corrected chi connectivity index (χ2v) is 5.18. The van der Waals surface area contributed by atoms with Gasteiger partial charge in [0, 0.05) is 25.6 Å². The van der Waals surface area contributed by atoms with Crippen LogP contribution in [0.4, 0.5) is 5.82 Å². The van der Waals surface area contributed by atoms with Gasteiger partial charge in [0.1, 0.15) is 17.5 Å². The highest BCUT2D eigenvalue weighted by Crippen LogP contribution is 2.08. The molecule has 0 saturated carbocycles. The molecule has 0 spiro atoms. The van der Waals surface area contributed by atoms with E-state index in [4.69, 9.17) is 0 Å². The van der Waals surface area contributed by atoms with Gasteiger partial charge in [-0.25, -0.2) is 19.9 Å². The van der Waals surface area contributed by atoms with E-state index in [1.165, 1.54) is 5.56 Å². The molecule has 0 fully saturated rings. The zero-order valence-electron chi connectivity index (χ0n) is 12.6. The Balaban J connectivity index is 1.50. The smallest absolute Gasteiger partial charge is 0.340 e. The molecule has 2 heterocycles. The van der Waals surface area contributed by atoms with Gasteiger partial charge in [-0.3, -0.25) is 4.98 Å². The Morgan fingerprint density at radius 2 is 2.00 bits per heavy atom. The summed E-state index contributed by atoms with van der Waals surface area (Å²) < 4.78 is 0. The monoisotopic (exact) mass is 310 g/mol. The highest BCUT2D eigenvalue weighted by atomic mass is 16.1. The summed E-state index contributed by atoms with van der Waals surface area (Å²) in [6.45, 7) is 0.747. The third-order valence-corrected chi connectivity index (χ3v) is 3.36. The normalized spacial score (nSPS) is 10.6. The van der Waals surface area contributed by atoms with Gasteiger partial charge in [-0.05, 0) is 18.1 Å². The predicted octanol–water partition coefficient (Wildman–Crippen LogP) is 1.52. The van der Waals surface area contributed by atoms with Crippen LogP contribution >= 0.6 is 0 Å². The Hall–Kier alpha value is -2.96. The van der Waals surface area contributed by atoms with Gasteiger partial charge in [-0.15, -0.1) is 0 Å². The molecule has 0 bridgehead atoms. The highest BCUT2D eigenvalue weighted by molar-refractivity contribution is 5.33. The molecule has 0 saturated heterocycles. The molecular formula is C16H18N6O. The molecule has 0 atom stereocenters. The van der Waals surface area contributed by atoms with Crippen molar-refractivity contribution in [1.82, 2.24) is 25.1 Å². The highest BCUT2D eigenvalue weighted by Gasteiger charge is 2.02. The first-order valence-corrected chi connectivity index (χ1v) is 7.53. The molecule has 3 aromatic rings. The van der Waals surface area contributed by atoms with Crippen LogP contribution in [0.3, 0.4) is 0 Å². The maximum absolute atomic E-state index is 10.9. The molecule has 0 aliphatic rings. The van der Waals surface area contributed by atoms with Crippen LogP contribution in [0.5, 0.6) is 0 Å². The first kappa shape index (κ1) is 15.0. The number of rotatable bonds is 7. The van der Waals surface area contributed by atoms with Gasteiger partial charge in [0.25, 0.3) is 0 Å². The largest absolute Gasteiger partial charge is 0.370 e. The summed E-state index contributed by atoms with van der Waals surface area (Å²) in [6, 6.07) is 12.0. The van der Waals surface area contributed by atoms with E-state index in [0.29, 0.717) is 18.7 Å². The number of aromatic nitrogens is 5. The van der Waals surface area contributed by atoms with Crippen molar-refractivity contribution in [2.45, 2.75) is 19.3 Å². The fraction of sp³-hybridized carbons (Fsp3) is 0.250. The Morgan fingerprint density at radius 1 is 1.13 bits per heavy atom. The molecule has 0 aliphatic heterocycles. The van der Waals surface area contributed by atoms with Crippen LogP contribution in [-0.2, 0) is 12.8 Å². The van der Waals surface area contributed by atoms with E-state index in [1.54, 1.807) is 6.20 Å². The summed E-state index contributed by atoms with van der Waals surface area (Å²) in [7, 11) is 0. The Bertz CT molecular complexity index is 795. The Kier molecular flexibility index (Phi) is 4.78. The van der Waals surface area contributed by atoms with Gasteiger partial charge < -0.3 is 5.32 Å². The van der Waals surface area contributed by atoms with Crippen molar-refractivity contribution in [3.05, 3.63) is 70.3 Å². The lowest BCUT2D eigenvalue weighted by atomic mass is 10.1. The van der Waals surface area contributed by atoms with E-state index in [2.05, 4.69) is 42.6 Å². The molecule has 0 unspecified atom stereocenters. The van der Waals surface area contributed by atoms with Gasteiger partial charge in [-0.2, -0.15) is 5.10 Å². The second kappa shape index (κ2) is 7.35. The molecule has 0 aliphatic carbocycles. The lowest BCUT2D eigenvalue weighted by Gasteiger charge is -2.06. The van der Waals surface area contributed by atoms with Crippen LogP contribution in [-0.4, -0.2) is 31.7 Å². The average molecular weight is 310 g/mol. The Labute approximate surface area is 133 Å². The van der Waals surface area contributed by atoms with Crippen LogP contribution < -0.4 is 11.0 Å². The van der Waals surface area contributed by atoms with Gasteiger partial charge in [-0.1, -0.05) is 30.3 Å². The molecule has 0 amide bonds. The third kappa shape index (κ3) is 4.50. The lowest BCUT2D eigenvalue weighted by Crippen LogP contribution is -2.07. The molecule has 3 N–H and O–H groups in total. The van der Waals surface area contributed by atoms with Crippen LogP contribution in [0.1, 0.15) is 23.6 Å². The molecular weight excluding hydrogens is 292 g/mol. The zero-order valence-corrected chi connectivity index (χ0v) is 12.6. The molecule has 1 aromatic carbocycles. The Morgan fingerprint density at radius 3 is 2.78 bits per heavy atom. The maximum atomic E-state index is 10.9. The summed E-state index contributed by atoms with van der Waals surface area (Å²) in [5.41, 5.74) is 0.918. The van der Waals surface area contributed by atoms with Crippen molar-refractivity contribution in [2.24, 2.45) is 0 Å². The fourth-order valence-electron chi connectivity index (χ4n) is 2.26. The van der Waals surface area contributed by atoms with Crippen molar-refractivity contribution < 1.29 is 0 Å².